The number of benzene rings is 1. The Morgan fingerprint density at radius 2 is 1.58 bits per heavy atom. The van der Waals surface area contributed by atoms with Crippen molar-refractivity contribution in [1.82, 2.24) is 20.3 Å². The number of rotatable bonds is 8. The zero-order valence-corrected chi connectivity index (χ0v) is 17.2. The van der Waals surface area contributed by atoms with Crippen molar-refractivity contribution in [2.24, 2.45) is 0 Å². The lowest BCUT2D eigenvalue weighted by Gasteiger charge is -2.33. The van der Waals surface area contributed by atoms with Crippen LogP contribution < -0.4 is 16.0 Å². The van der Waals surface area contributed by atoms with Crippen molar-refractivity contribution in [3.63, 3.8) is 0 Å². The van der Waals surface area contributed by atoms with E-state index >= 15 is 0 Å². The Hall–Kier alpha value is -3.31. The van der Waals surface area contributed by atoms with E-state index in [1.807, 2.05) is 9.80 Å². The van der Waals surface area contributed by atoms with Gasteiger partial charge in [-0.05, 0) is 31.2 Å². The summed E-state index contributed by atoms with van der Waals surface area (Å²) >= 11 is 0. The first kappa shape index (κ1) is 22.4. The molecule has 11 heteroatoms. The Morgan fingerprint density at radius 3 is 2.16 bits per heavy atom. The Balaban J connectivity index is 1.30. The summed E-state index contributed by atoms with van der Waals surface area (Å²) in [6, 6.07) is 7.02. The van der Waals surface area contributed by atoms with Gasteiger partial charge in [0.1, 0.15) is 11.6 Å². The van der Waals surface area contributed by atoms with Crippen LogP contribution in [0.5, 0.6) is 0 Å². The summed E-state index contributed by atoms with van der Waals surface area (Å²) in [6.45, 7) is 4.52. The number of halogens is 1. The molecule has 0 radical (unpaired) electrons. The average molecular weight is 432 g/mol. The molecule has 1 aromatic carbocycles. The molecule has 1 aliphatic heterocycles. The van der Waals surface area contributed by atoms with Gasteiger partial charge in [-0.1, -0.05) is 5.16 Å². The highest BCUT2D eigenvalue weighted by molar-refractivity contribution is 5.94. The molecule has 1 fully saturated rings. The molecule has 3 N–H and O–H groups in total. The zero-order valence-electron chi connectivity index (χ0n) is 17.2. The smallest absolute Gasteiger partial charge is 0.243 e. The minimum Gasteiger partial charge on any atom is -0.360 e. The first-order valence-electron chi connectivity index (χ1n) is 9.87. The van der Waals surface area contributed by atoms with Gasteiger partial charge in [-0.2, -0.15) is 0 Å². The zero-order chi connectivity index (χ0) is 22.2. The molecule has 31 heavy (non-hydrogen) atoms. The molecule has 0 aliphatic carbocycles. The molecule has 3 amide bonds. The van der Waals surface area contributed by atoms with Crippen LogP contribution >= 0.6 is 0 Å². The molecule has 3 rings (SSSR count). The van der Waals surface area contributed by atoms with Crippen LogP contribution in [-0.2, 0) is 14.4 Å². The van der Waals surface area contributed by atoms with Gasteiger partial charge < -0.3 is 20.5 Å². The fourth-order valence-electron chi connectivity index (χ4n) is 3.09. The number of amides is 3. The molecule has 10 nitrogen and oxygen atoms in total. The van der Waals surface area contributed by atoms with Crippen molar-refractivity contribution in [1.29, 1.82) is 0 Å². The second kappa shape index (κ2) is 10.6. The third-order valence-corrected chi connectivity index (χ3v) is 4.67. The number of aryl methyl sites for hydroxylation is 1. The summed E-state index contributed by atoms with van der Waals surface area (Å²) in [5.74, 6) is -0.208. The van der Waals surface area contributed by atoms with Gasteiger partial charge in [-0.25, -0.2) is 4.39 Å². The SMILES string of the molecule is Cc1cc(NC(=O)CN2CCN(CC(=O)NCC(=O)Nc3ccc(F)cc3)CC2)no1. The maximum atomic E-state index is 12.9. The van der Waals surface area contributed by atoms with Gasteiger partial charge in [0.25, 0.3) is 0 Å². The lowest BCUT2D eigenvalue weighted by Crippen LogP contribution is -2.51. The highest BCUT2D eigenvalue weighted by atomic mass is 19.1. The van der Waals surface area contributed by atoms with Crippen molar-refractivity contribution in [3.8, 4) is 0 Å². The highest BCUT2D eigenvalue weighted by Gasteiger charge is 2.21. The molecular weight excluding hydrogens is 407 g/mol. The molecule has 0 saturated carbocycles. The molecule has 0 unspecified atom stereocenters. The largest absolute Gasteiger partial charge is 0.360 e. The average Bonchev–Trinajstić information content (AvgIpc) is 3.14. The van der Waals surface area contributed by atoms with E-state index in [1.54, 1.807) is 13.0 Å². The Bertz CT molecular complexity index is 909. The van der Waals surface area contributed by atoms with Gasteiger partial charge in [-0.3, -0.25) is 24.2 Å². The van der Waals surface area contributed by atoms with Gasteiger partial charge >= 0.3 is 0 Å². The quantitative estimate of drug-likeness (QED) is 0.553. The standard InChI is InChI=1S/C20H25FN6O4/c1-14-10-17(25-31-14)24-20(30)13-27-8-6-26(7-9-27)12-19(29)22-11-18(28)23-16-4-2-15(21)3-5-16/h2-5,10H,6-9,11-13H2,1H3,(H,22,29)(H,23,28)(H,24,25,30). The van der Waals surface area contributed by atoms with Crippen LogP contribution in [0.25, 0.3) is 0 Å². The Labute approximate surface area is 178 Å². The first-order valence-corrected chi connectivity index (χ1v) is 9.87. The summed E-state index contributed by atoms with van der Waals surface area (Å²) < 4.78 is 17.8. The van der Waals surface area contributed by atoms with E-state index in [4.69, 9.17) is 4.52 Å². The van der Waals surface area contributed by atoms with E-state index in [-0.39, 0.29) is 31.4 Å². The summed E-state index contributed by atoms with van der Waals surface area (Å²) in [7, 11) is 0. The van der Waals surface area contributed by atoms with Gasteiger partial charge in [0.2, 0.25) is 17.7 Å². The van der Waals surface area contributed by atoms with E-state index in [2.05, 4.69) is 21.1 Å². The van der Waals surface area contributed by atoms with E-state index < -0.39 is 11.7 Å². The molecule has 0 atom stereocenters. The van der Waals surface area contributed by atoms with Crippen LogP contribution in [0.3, 0.4) is 0 Å². The fraction of sp³-hybridized carbons (Fsp3) is 0.400. The number of carbonyl (C=O) groups excluding carboxylic acids is 3. The molecule has 1 aliphatic rings. The highest BCUT2D eigenvalue weighted by Crippen LogP contribution is 2.08. The summed E-state index contributed by atoms with van der Waals surface area (Å²) in [4.78, 5) is 40.0. The fourth-order valence-corrected chi connectivity index (χ4v) is 3.09. The van der Waals surface area contributed by atoms with Crippen LogP contribution in [0.2, 0.25) is 0 Å². The maximum absolute atomic E-state index is 12.9. The van der Waals surface area contributed by atoms with Gasteiger partial charge in [0, 0.05) is 37.9 Å². The van der Waals surface area contributed by atoms with Crippen LogP contribution in [-0.4, -0.2) is 78.5 Å². The number of hydrogen-bond donors (Lipinski definition) is 3. The second-order valence-corrected chi connectivity index (χ2v) is 7.26. The monoisotopic (exact) mass is 432 g/mol. The third-order valence-electron chi connectivity index (χ3n) is 4.67. The van der Waals surface area contributed by atoms with Crippen molar-refractivity contribution in [2.75, 3.05) is 56.4 Å². The van der Waals surface area contributed by atoms with Crippen LogP contribution in [0.4, 0.5) is 15.9 Å². The number of anilines is 2. The molecule has 0 bridgehead atoms. The Morgan fingerprint density at radius 1 is 0.968 bits per heavy atom. The van der Waals surface area contributed by atoms with Crippen LogP contribution in [0, 0.1) is 12.7 Å². The molecular formula is C20H25FN6O4. The lowest BCUT2D eigenvalue weighted by atomic mass is 10.3. The third kappa shape index (κ3) is 7.46. The minimum atomic E-state index is -0.392. The molecule has 2 aromatic rings. The number of nitrogens with one attached hydrogen (secondary N) is 3. The van der Waals surface area contributed by atoms with E-state index in [0.29, 0.717) is 43.4 Å². The molecule has 1 saturated heterocycles. The minimum absolute atomic E-state index is 0.169. The number of piperazine rings is 1. The first-order chi connectivity index (χ1) is 14.9. The number of aromatic nitrogens is 1. The van der Waals surface area contributed by atoms with Crippen LogP contribution in [0.1, 0.15) is 5.76 Å². The number of hydrogen-bond acceptors (Lipinski definition) is 7. The van der Waals surface area contributed by atoms with E-state index in [0.717, 1.165) is 0 Å². The summed E-state index contributed by atoms with van der Waals surface area (Å²) in [5, 5.41) is 11.6. The molecule has 2 heterocycles. The van der Waals surface area contributed by atoms with E-state index in [1.165, 1.54) is 24.3 Å². The number of nitrogens with zero attached hydrogens (tertiary/aromatic N) is 3. The maximum Gasteiger partial charge on any atom is 0.243 e. The normalized spacial score (nSPS) is 14.8. The van der Waals surface area contributed by atoms with Gasteiger partial charge in [-0.15, -0.1) is 0 Å². The van der Waals surface area contributed by atoms with Crippen molar-refractivity contribution < 1.29 is 23.3 Å². The van der Waals surface area contributed by atoms with Crippen LogP contribution in [0.15, 0.2) is 34.9 Å². The number of carbonyl (C=O) groups is 3. The van der Waals surface area contributed by atoms with Crippen molar-refractivity contribution in [2.45, 2.75) is 6.92 Å². The second-order valence-electron chi connectivity index (χ2n) is 7.26. The lowest BCUT2D eigenvalue weighted by molar-refractivity contribution is -0.125. The molecule has 166 valence electrons. The summed E-state index contributed by atoms with van der Waals surface area (Å²) in [5.41, 5.74) is 0.458. The summed E-state index contributed by atoms with van der Waals surface area (Å²) in [6.07, 6.45) is 0. The topological polar surface area (TPSA) is 120 Å². The molecule has 0 spiro atoms. The predicted octanol–water partition coefficient (Wildman–Crippen LogP) is 0.433. The predicted molar refractivity (Wildman–Crippen MR) is 111 cm³/mol. The Kier molecular flexibility index (Phi) is 7.68. The molecule has 1 aromatic heterocycles. The van der Waals surface area contributed by atoms with Crippen molar-refractivity contribution >= 4 is 29.2 Å². The van der Waals surface area contributed by atoms with Crippen molar-refractivity contribution in [3.05, 3.63) is 41.9 Å². The van der Waals surface area contributed by atoms with Gasteiger partial charge in [0.05, 0.1) is 19.6 Å². The van der Waals surface area contributed by atoms with E-state index in [9.17, 15) is 18.8 Å². The van der Waals surface area contributed by atoms with Gasteiger partial charge in [0.15, 0.2) is 5.82 Å².